The number of benzene rings is 1. The lowest BCUT2D eigenvalue weighted by atomic mass is 10.2. The average Bonchev–Trinajstić information content (AvgIpc) is 3.10. The van der Waals surface area contributed by atoms with E-state index in [1.165, 1.54) is 18.4 Å². The van der Waals surface area contributed by atoms with E-state index in [-0.39, 0.29) is 0 Å². The molecule has 0 saturated heterocycles. The number of hydrogen-bond donors (Lipinski definition) is 1. The van der Waals surface area contributed by atoms with Crippen LogP contribution in [0.4, 0.5) is 0 Å². The second kappa shape index (κ2) is 5.08. The largest absolute Gasteiger partial charge is 0.308 e. The Labute approximate surface area is 111 Å². The van der Waals surface area contributed by atoms with Crippen LogP contribution in [0.5, 0.6) is 0 Å². The number of hydrogen-bond acceptors (Lipinski definition) is 3. The summed E-state index contributed by atoms with van der Waals surface area (Å²) >= 11 is 5.85. The number of aromatic nitrogens is 3. The second-order valence-electron chi connectivity index (χ2n) is 4.69. The van der Waals surface area contributed by atoms with E-state index in [1.54, 1.807) is 0 Å². The zero-order valence-electron chi connectivity index (χ0n) is 10.0. The molecule has 0 atom stereocenters. The summed E-state index contributed by atoms with van der Waals surface area (Å²) in [6.07, 6.45) is 4.57. The smallest absolute Gasteiger partial charge is 0.0965 e. The topological polar surface area (TPSA) is 42.7 Å². The van der Waals surface area contributed by atoms with Gasteiger partial charge >= 0.3 is 0 Å². The molecule has 1 aromatic carbocycles. The van der Waals surface area contributed by atoms with Crippen LogP contribution in [-0.2, 0) is 13.1 Å². The fourth-order valence-electron chi connectivity index (χ4n) is 1.81. The lowest BCUT2D eigenvalue weighted by molar-refractivity contribution is 0.646. The molecule has 0 aliphatic heterocycles. The van der Waals surface area contributed by atoms with Gasteiger partial charge in [0, 0.05) is 17.6 Å². The lowest BCUT2D eigenvalue weighted by Crippen LogP contribution is -2.15. The van der Waals surface area contributed by atoms with Gasteiger partial charge in [0.25, 0.3) is 0 Å². The summed E-state index contributed by atoms with van der Waals surface area (Å²) in [5.74, 6) is 0. The van der Waals surface area contributed by atoms with E-state index in [0.717, 1.165) is 23.8 Å². The molecular weight excluding hydrogens is 248 g/mol. The molecule has 0 radical (unpaired) electrons. The molecule has 0 bridgehead atoms. The van der Waals surface area contributed by atoms with Crippen LogP contribution >= 0.6 is 11.6 Å². The zero-order valence-corrected chi connectivity index (χ0v) is 10.8. The summed E-state index contributed by atoms with van der Waals surface area (Å²) in [6, 6.07) is 8.50. The molecule has 18 heavy (non-hydrogen) atoms. The van der Waals surface area contributed by atoms with Gasteiger partial charge in [0.1, 0.15) is 0 Å². The van der Waals surface area contributed by atoms with E-state index < -0.39 is 0 Å². The molecule has 0 amide bonds. The third-order valence-electron chi connectivity index (χ3n) is 2.99. The first-order chi connectivity index (χ1) is 8.79. The van der Waals surface area contributed by atoms with E-state index >= 15 is 0 Å². The van der Waals surface area contributed by atoms with E-state index in [4.69, 9.17) is 11.6 Å². The van der Waals surface area contributed by atoms with Gasteiger partial charge in [-0.1, -0.05) is 28.9 Å². The van der Waals surface area contributed by atoms with Gasteiger partial charge in [-0.3, -0.25) is 0 Å². The molecule has 94 valence electrons. The SMILES string of the molecule is Clc1ccc(Cn2cc(CNC3CC3)nn2)cc1. The third kappa shape index (κ3) is 3.09. The molecule has 4 nitrogen and oxygen atoms in total. The van der Waals surface area contributed by atoms with Crippen molar-refractivity contribution in [3.8, 4) is 0 Å². The van der Waals surface area contributed by atoms with Crippen molar-refractivity contribution >= 4 is 11.6 Å². The Hall–Kier alpha value is -1.39. The summed E-state index contributed by atoms with van der Waals surface area (Å²) < 4.78 is 1.85. The third-order valence-corrected chi connectivity index (χ3v) is 3.25. The zero-order chi connectivity index (χ0) is 12.4. The highest BCUT2D eigenvalue weighted by atomic mass is 35.5. The second-order valence-corrected chi connectivity index (χ2v) is 5.13. The maximum absolute atomic E-state index is 5.85. The fourth-order valence-corrected chi connectivity index (χ4v) is 1.94. The summed E-state index contributed by atoms with van der Waals surface area (Å²) in [7, 11) is 0. The first kappa shape index (κ1) is 11.7. The monoisotopic (exact) mass is 262 g/mol. The summed E-state index contributed by atoms with van der Waals surface area (Å²) in [4.78, 5) is 0. The van der Waals surface area contributed by atoms with Crippen LogP contribution in [0.1, 0.15) is 24.1 Å². The number of nitrogens with one attached hydrogen (secondary N) is 1. The first-order valence-corrected chi connectivity index (χ1v) is 6.54. The highest BCUT2D eigenvalue weighted by Gasteiger charge is 2.20. The molecule has 1 N–H and O–H groups in total. The minimum absolute atomic E-state index is 0.700. The normalized spacial score (nSPS) is 14.9. The lowest BCUT2D eigenvalue weighted by Gasteiger charge is -2.00. The molecule has 2 aromatic rings. The number of halogens is 1. The van der Waals surface area contributed by atoms with Crippen molar-refractivity contribution in [3.05, 3.63) is 46.7 Å². The molecule has 1 aliphatic rings. The van der Waals surface area contributed by atoms with Crippen molar-refractivity contribution in [1.82, 2.24) is 20.3 Å². The Kier molecular flexibility index (Phi) is 3.30. The molecule has 1 saturated carbocycles. The molecule has 1 fully saturated rings. The summed E-state index contributed by atoms with van der Waals surface area (Å²) in [5, 5.41) is 12.5. The van der Waals surface area contributed by atoms with Crippen LogP contribution in [0.15, 0.2) is 30.5 Å². The van der Waals surface area contributed by atoms with Crippen LogP contribution in [0.25, 0.3) is 0 Å². The standard InChI is InChI=1S/C13H15ClN4/c14-11-3-1-10(2-4-11)8-18-9-13(16-17-18)7-15-12-5-6-12/h1-4,9,12,15H,5-8H2. The van der Waals surface area contributed by atoms with Crippen molar-refractivity contribution in [3.63, 3.8) is 0 Å². The predicted octanol–water partition coefficient (Wildman–Crippen LogP) is 2.23. The van der Waals surface area contributed by atoms with Gasteiger partial charge in [-0.25, -0.2) is 4.68 Å². The minimum atomic E-state index is 0.700. The first-order valence-electron chi connectivity index (χ1n) is 6.16. The van der Waals surface area contributed by atoms with E-state index in [9.17, 15) is 0 Å². The van der Waals surface area contributed by atoms with Crippen LogP contribution in [0.3, 0.4) is 0 Å². The molecular formula is C13H15ClN4. The number of nitrogens with zero attached hydrogens (tertiary/aromatic N) is 3. The Morgan fingerprint density at radius 1 is 1.28 bits per heavy atom. The van der Waals surface area contributed by atoms with Gasteiger partial charge in [-0.05, 0) is 30.5 Å². The molecule has 5 heteroatoms. The van der Waals surface area contributed by atoms with E-state index in [1.807, 2.05) is 35.1 Å². The Balaban J connectivity index is 1.60. The molecule has 3 rings (SSSR count). The summed E-state index contributed by atoms with van der Waals surface area (Å²) in [5.41, 5.74) is 2.17. The van der Waals surface area contributed by atoms with Crippen molar-refractivity contribution in [2.75, 3.05) is 0 Å². The van der Waals surface area contributed by atoms with Gasteiger partial charge in [-0.2, -0.15) is 0 Å². The van der Waals surface area contributed by atoms with Crippen LogP contribution in [-0.4, -0.2) is 21.0 Å². The van der Waals surface area contributed by atoms with E-state index in [2.05, 4.69) is 15.6 Å². The molecule has 0 spiro atoms. The molecule has 0 unspecified atom stereocenters. The van der Waals surface area contributed by atoms with Crippen LogP contribution in [0, 0.1) is 0 Å². The highest BCUT2D eigenvalue weighted by Crippen LogP contribution is 2.19. The van der Waals surface area contributed by atoms with Gasteiger partial charge < -0.3 is 5.32 Å². The van der Waals surface area contributed by atoms with Gasteiger partial charge in [0.2, 0.25) is 0 Å². The van der Waals surface area contributed by atoms with Crippen LogP contribution < -0.4 is 5.32 Å². The highest BCUT2D eigenvalue weighted by molar-refractivity contribution is 6.30. The maximum atomic E-state index is 5.85. The van der Waals surface area contributed by atoms with Gasteiger partial charge in [0.05, 0.1) is 18.4 Å². The average molecular weight is 263 g/mol. The quantitative estimate of drug-likeness (QED) is 0.899. The van der Waals surface area contributed by atoms with E-state index in [0.29, 0.717) is 6.04 Å². The number of rotatable bonds is 5. The van der Waals surface area contributed by atoms with Crippen molar-refractivity contribution in [1.29, 1.82) is 0 Å². The maximum Gasteiger partial charge on any atom is 0.0965 e. The summed E-state index contributed by atoms with van der Waals surface area (Å²) in [6.45, 7) is 1.54. The van der Waals surface area contributed by atoms with Gasteiger partial charge in [0.15, 0.2) is 0 Å². The van der Waals surface area contributed by atoms with Crippen LogP contribution in [0.2, 0.25) is 5.02 Å². The minimum Gasteiger partial charge on any atom is -0.308 e. The fraction of sp³-hybridized carbons (Fsp3) is 0.385. The predicted molar refractivity (Wildman–Crippen MR) is 70.4 cm³/mol. The van der Waals surface area contributed by atoms with Crippen molar-refractivity contribution in [2.24, 2.45) is 0 Å². The molecule has 1 heterocycles. The molecule has 1 aliphatic carbocycles. The van der Waals surface area contributed by atoms with Gasteiger partial charge in [-0.15, -0.1) is 5.10 Å². The van der Waals surface area contributed by atoms with Crippen molar-refractivity contribution in [2.45, 2.75) is 32.0 Å². The Morgan fingerprint density at radius 3 is 2.78 bits per heavy atom. The Bertz CT molecular complexity index is 516. The Morgan fingerprint density at radius 2 is 2.06 bits per heavy atom. The molecule has 1 aromatic heterocycles. The van der Waals surface area contributed by atoms with Crippen molar-refractivity contribution < 1.29 is 0 Å².